The molecule has 0 aliphatic carbocycles. The van der Waals surface area contributed by atoms with Crippen LogP contribution in [0, 0.1) is 0 Å². The summed E-state index contributed by atoms with van der Waals surface area (Å²) in [5, 5.41) is 11.5. The van der Waals surface area contributed by atoms with E-state index in [4.69, 9.17) is 4.42 Å². The molecule has 0 amide bonds. The summed E-state index contributed by atoms with van der Waals surface area (Å²) in [7, 11) is 0. The SMILES string of the molecule is CCN(CC)CCNCc1nnc(-c2ccc(Br)cc2)o1. The van der Waals surface area contributed by atoms with Gasteiger partial charge in [0.05, 0.1) is 6.54 Å². The van der Waals surface area contributed by atoms with Crippen molar-refractivity contribution >= 4 is 15.9 Å². The van der Waals surface area contributed by atoms with Crippen LogP contribution >= 0.6 is 15.9 Å². The molecular formula is C15H21BrN4O. The highest BCUT2D eigenvalue weighted by Gasteiger charge is 2.08. The van der Waals surface area contributed by atoms with Gasteiger partial charge in [-0.25, -0.2) is 0 Å². The van der Waals surface area contributed by atoms with Crippen molar-refractivity contribution in [3.63, 3.8) is 0 Å². The monoisotopic (exact) mass is 352 g/mol. The predicted molar refractivity (Wildman–Crippen MR) is 86.9 cm³/mol. The summed E-state index contributed by atoms with van der Waals surface area (Å²) in [6.07, 6.45) is 0. The second kappa shape index (κ2) is 8.26. The Kier molecular flexibility index (Phi) is 6.35. The molecule has 1 aromatic heterocycles. The first-order chi connectivity index (χ1) is 10.2. The molecule has 0 aliphatic heterocycles. The van der Waals surface area contributed by atoms with Crippen molar-refractivity contribution < 1.29 is 4.42 Å². The molecule has 0 radical (unpaired) electrons. The van der Waals surface area contributed by atoms with Gasteiger partial charge >= 0.3 is 0 Å². The number of hydrogen-bond acceptors (Lipinski definition) is 5. The highest BCUT2D eigenvalue weighted by atomic mass is 79.9. The van der Waals surface area contributed by atoms with E-state index in [2.05, 4.69) is 50.2 Å². The normalized spacial score (nSPS) is 11.2. The van der Waals surface area contributed by atoms with Crippen LogP contribution in [0.15, 0.2) is 33.2 Å². The van der Waals surface area contributed by atoms with Gasteiger partial charge in [0.15, 0.2) is 0 Å². The van der Waals surface area contributed by atoms with Gasteiger partial charge in [-0.15, -0.1) is 10.2 Å². The molecule has 0 unspecified atom stereocenters. The van der Waals surface area contributed by atoms with E-state index in [0.717, 1.165) is 36.2 Å². The maximum absolute atomic E-state index is 5.66. The van der Waals surface area contributed by atoms with Crippen molar-refractivity contribution in [2.45, 2.75) is 20.4 Å². The number of nitrogens with one attached hydrogen (secondary N) is 1. The van der Waals surface area contributed by atoms with Crippen LogP contribution < -0.4 is 5.32 Å². The van der Waals surface area contributed by atoms with Crippen LogP contribution in [-0.4, -0.2) is 41.3 Å². The van der Waals surface area contributed by atoms with Crippen LogP contribution in [0.25, 0.3) is 11.5 Å². The van der Waals surface area contributed by atoms with Gasteiger partial charge in [-0.05, 0) is 37.4 Å². The van der Waals surface area contributed by atoms with Gasteiger partial charge in [0.2, 0.25) is 11.8 Å². The standard InChI is InChI=1S/C15H21BrN4O/c1-3-20(4-2)10-9-17-11-14-18-19-15(21-14)12-5-7-13(16)8-6-12/h5-8,17H,3-4,9-11H2,1-2H3. The number of nitrogens with zero attached hydrogens (tertiary/aromatic N) is 3. The molecule has 0 fully saturated rings. The molecule has 0 spiro atoms. The molecule has 2 aromatic rings. The molecular weight excluding hydrogens is 332 g/mol. The van der Waals surface area contributed by atoms with E-state index in [9.17, 15) is 0 Å². The van der Waals surface area contributed by atoms with E-state index >= 15 is 0 Å². The average molecular weight is 353 g/mol. The van der Waals surface area contributed by atoms with Gasteiger partial charge in [0.1, 0.15) is 0 Å². The van der Waals surface area contributed by atoms with E-state index in [1.807, 2.05) is 24.3 Å². The first-order valence-electron chi connectivity index (χ1n) is 7.24. The number of benzene rings is 1. The Hall–Kier alpha value is -1.24. The predicted octanol–water partition coefficient (Wildman–Crippen LogP) is 2.93. The van der Waals surface area contributed by atoms with E-state index in [1.165, 1.54) is 0 Å². The quantitative estimate of drug-likeness (QED) is 0.740. The van der Waals surface area contributed by atoms with Crippen LogP contribution in [0.5, 0.6) is 0 Å². The fraction of sp³-hybridized carbons (Fsp3) is 0.467. The second-order valence-corrected chi connectivity index (χ2v) is 5.63. The summed E-state index contributed by atoms with van der Waals surface area (Å²) in [5.41, 5.74) is 0.931. The third-order valence-corrected chi connectivity index (χ3v) is 3.86. The molecule has 0 bridgehead atoms. The number of likely N-dealkylation sites (N-methyl/N-ethyl adjacent to an activating group) is 1. The van der Waals surface area contributed by atoms with E-state index in [1.54, 1.807) is 0 Å². The molecule has 1 heterocycles. The first kappa shape index (κ1) is 16.1. The Balaban J connectivity index is 1.82. The largest absolute Gasteiger partial charge is 0.419 e. The molecule has 0 saturated carbocycles. The minimum Gasteiger partial charge on any atom is -0.419 e. The fourth-order valence-electron chi connectivity index (χ4n) is 2.01. The second-order valence-electron chi connectivity index (χ2n) is 4.71. The lowest BCUT2D eigenvalue weighted by atomic mass is 10.2. The Labute approximate surface area is 133 Å². The summed E-state index contributed by atoms with van der Waals surface area (Å²) < 4.78 is 6.69. The van der Waals surface area contributed by atoms with Gasteiger partial charge < -0.3 is 14.6 Å². The summed E-state index contributed by atoms with van der Waals surface area (Å²) >= 11 is 3.41. The topological polar surface area (TPSA) is 54.2 Å². The number of hydrogen-bond donors (Lipinski definition) is 1. The molecule has 0 atom stereocenters. The lowest BCUT2D eigenvalue weighted by Crippen LogP contribution is -2.31. The molecule has 114 valence electrons. The fourth-order valence-corrected chi connectivity index (χ4v) is 2.27. The molecule has 0 saturated heterocycles. The van der Waals surface area contributed by atoms with E-state index in [0.29, 0.717) is 18.3 Å². The Morgan fingerprint density at radius 2 is 1.86 bits per heavy atom. The van der Waals surface area contributed by atoms with Gasteiger partial charge in [-0.1, -0.05) is 29.8 Å². The Morgan fingerprint density at radius 3 is 2.52 bits per heavy atom. The van der Waals surface area contributed by atoms with Crippen molar-refractivity contribution in [3.8, 4) is 11.5 Å². The average Bonchev–Trinajstić information content (AvgIpc) is 2.97. The van der Waals surface area contributed by atoms with Crippen molar-refractivity contribution in [1.29, 1.82) is 0 Å². The zero-order valence-electron chi connectivity index (χ0n) is 12.5. The van der Waals surface area contributed by atoms with Gasteiger partial charge in [-0.2, -0.15) is 0 Å². The smallest absolute Gasteiger partial charge is 0.247 e. The zero-order chi connectivity index (χ0) is 15.1. The van der Waals surface area contributed by atoms with Crippen LogP contribution in [-0.2, 0) is 6.54 Å². The first-order valence-corrected chi connectivity index (χ1v) is 8.03. The third kappa shape index (κ3) is 4.91. The highest BCUT2D eigenvalue weighted by Crippen LogP contribution is 2.20. The van der Waals surface area contributed by atoms with Crippen LogP contribution in [0.1, 0.15) is 19.7 Å². The van der Waals surface area contributed by atoms with E-state index in [-0.39, 0.29) is 0 Å². The molecule has 1 aromatic carbocycles. The highest BCUT2D eigenvalue weighted by molar-refractivity contribution is 9.10. The zero-order valence-corrected chi connectivity index (χ0v) is 14.1. The summed E-state index contributed by atoms with van der Waals surface area (Å²) in [5.74, 6) is 1.18. The van der Waals surface area contributed by atoms with E-state index < -0.39 is 0 Å². The third-order valence-electron chi connectivity index (χ3n) is 3.33. The lowest BCUT2D eigenvalue weighted by Gasteiger charge is -2.17. The molecule has 2 rings (SSSR count). The van der Waals surface area contributed by atoms with Crippen LogP contribution in [0.2, 0.25) is 0 Å². The van der Waals surface area contributed by atoms with Crippen molar-refractivity contribution in [3.05, 3.63) is 34.6 Å². The Morgan fingerprint density at radius 1 is 1.14 bits per heavy atom. The minimum atomic E-state index is 0.558. The Bertz CT molecular complexity index is 537. The van der Waals surface area contributed by atoms with Gasteiger partial charge in [0, 0.05) is 23.1 Å². The van der Waals surface area contributed by atoms with Gasteiger partial charge in [0.25, 0.3) is 0 Å². The lowest BCUT2D eigenvalue weighted by molar-refractivity contribution is 0.300. The summed E-state index contributed by atoms with van der Waals surface area (Å²) in [4.78, 5) is 2.37. The van der Waals surface area contributed by atoms with Crippen molar-refractivity contribution in [2.75, 3.05) is 26.2 Å². The molecule has 1 N–H and O–H groups in total. The van der Waals surface area contributed by atoms with Crippen LogP contribution in [0.4, 0.5) is 0 Å². The van der Waals surface area contributed by atoms with Gasteiger partial charge in [-0.3, -0.25) is 0 Å². The van der Waals surface area contributed by atoms with Crippen LogP contribution in [0.3, 0.4) is 0 Å². The molecule has 6 heteroatoms. The summed E-state index contributed by atoms with van der Waals surface area (Å²) in [6, 6.07) is 7.83. The van der Waals surface area contributed by atoms with Crippen molar-refractivity contribution in [1.82, 2.24) is 20.4 Å². The van der Waals surface area contributed by atoms with Crippen molar-refractivity contribution in [2.24, 2.45) is 0 Å². The maximum atomic E-state index is 5.66. The maximum Gasteiger partial charge on any atom is 0.247 e. The number of halogens is 1. The number of rotatable bonds is 8. The summed E-state index contributed by atoms with van der Waals surface area (Å²) in [6.45, 7) is 9.04. The molecule has 5 nitrogen and oxygen atoms in total. The minimum absolute atomic E-state index is 0.558. The number of aromatic nitrogens is 2. The molecule has 21 heavy (non-hydrogen) atoms. The molecule has 0 aliphatic rings.